The zero-order chi connectivity index (χ0) is 11.2. The van der Waals surface area contributed by atoms with Crippen LogP contribution in [-0.4, -0.2) is 22.3 Å². The fraction of sp³-hybridized carbons (Fsp3) is 0.200. The van der Waals surface area contributed by atoms with Crippen molar-refractivity contribution in [2.45, 2.75) is 10.8 Å². The van der Waals surface area contributed by atoms with Crippen molar-refractivity contribution in [2.24, 2.45) is 0 Å². The highest BCUT2D eigenvalue weighted by Crippen LogP contribution is 2.31. The zero-order valence-electron chi connectivity index (χ0n) is 7.54. The lowest BCUT2D eigenvalue weighted by Crippen LogP contribution is -2.38. The van der Waals surface area contributed by atoms with Gasteiger partial charge in [-0.2, -0.15) is 0 Å². The minimum atomic E-state index is -1.03. The average molecular weight is 244 g/mol. The van der Waals surface area contributed by atoms with Gasteiger partial charge in [0.2, 0.25) is 0 Å². The molecular formula is C10H7Cl2NO2. The molecule has 1 aromatic carbocycles. The molecule has 0 bridgehead atoms. The summed E-state index contributed by atoms with van der Waals surface area (Å²) in [7, 11) is 0. The number of hydrogen-bond acceptors (Lipinski definition) is 3. The van der Waals surface area contributed by atoms with Crippen molar-refractivity contribution in [3.8, 4) is 0 Å². The van der Waals surface area contributed by atoms with Gasteiger partial charge in [0.05, 0.1) is 5.56 Å². The van der Waals surface area contributed by atoms with Gasteiger partial charge in [-0.25, -0.2) is 0 Å². The standard InChI is InChI=1S/C10H7Cl2NO2/c11-7-8(12)10(15)6-4(9(7)14)2-1-3-5(6)13/h1-3,7-8H,13H2. The Labute approximate surface area is 96.2 Å². The topological polar surface area (TPSA) is 60.2 Å². The molecule has 15 heavy (non-hydrogen) atoms. The number of carbonyl (C=O) groups excluding carboxylic acids is 2. The smallest absolute Gasteiger partial charge is 0.185 e. The van der Waals surface area contributed by atoms with E-state index in [9.17, 15) is 9.59 Å². The third-order valence-corrected chi connectivity index (χ3v) is 3.40. The quantitative estimate of drug-likeness (QED) is 0.559. The van der Waals surface area contributed by atoms with Crippen molar-refractivity contribution in [1.29, 1.82) is 0 Å². The van der Waals surface area contributed by atoms with Gasteiger partial charge in [-0.15, -0.1) is 23.2 Å². The number of fused-ring (bicyclic) bond motifs is 1. The molecule has 2 rings (SSSR count). The van der Waals surface area contributed by atoms with E-state index >= 15 is 0 Å². The van der Waals surface area contributed by atoms with Crippen molar-refractivity contribution in [1.82, 2.24) is 0 Å². The fourth-order valence-corrected chi connectivity index (χ4v) is 2.06. The van der Waals surface area contributed by atoms with Crippen LogP contribution in [0.25, 0.3) is 0 Å². The van der Waals surface area contributed by atoms with E-state index in [1.165, 1.54) is 6.07 Å². The molecule has 1 aromatic rings. The number of carbonyl (C=O) groups is 2. The van der Waals surface area contributed by atoms with Crippen molar-refractivity contribution in [3.63, 3.8) is 0 Å². The number of benzene rings is 1. The van der Waals surface area contributed by atoms with Gasteiger partial charge in [0.1, 0.15) is 10.8 Å². The monoisotopic (exact) mass is 243 g/mol. The lowest BCUT2D eigenvalue weighted by atomic mass is 9.88. The maximum absolute atomic E-state index is 11.7. The number of halogens is 2. The highest BCUT2D eigenvalue weighted by molar-refractivity contribution is 6.49. The second kappa shape index (κ2) is 3.51. The molecule has 0 spiro atoms. The molecule has 2 N–H and O–H groups in total. The van der Waals surface area contributed by atoms with E-state index in [2.05, 4.69) is 0 Å². The van der Waals surface area contributed by atoms with Crippen molar-refractivity contribution in [3.05, 3.63) is 29.3 Å². The van der Waals surface area contributed by atoms with Gasteiger partial charge in [-0.05, 0) is 6.07 Å². The predicted molar refractivity (Wildman–Crippen MR) is 58.8 cm³/mol. The Morgan fingerprint density at radius 2 is 1.67 bits per heavy atom. The molecule has 1 aliphatic carbocycles. The van der Waals surface area contributed by atoms with Crippen molar-refractivity contribution < 1.29 is 9.59 Å². The van der Waals surface area contributed by atoms with Crippen LogP contribution in [0.2, 0.25) is 0 Å². The highest BCUT2D eigenvalue weighted by Gasteiger charge is 2.40. The SMILES string of the molecule is Nc1cccc2c1C(=O)C(Cl)C(Cl)C2=O. The molecule has 0 saturated heterocycles. The molecule has 0 saturated carbocycles. The predicted octanol–water partition coefficient (Wildman–Crippen LogP) is 1.86. The van der Waals surface area contributed by atoms with Gasteiger partial charge < -0.3 is 5.73 Å². The van der Waals surface area contributed by atoms with E-state index in [4.69, 9.17) is 28.9 Å². The van der Waals surface area contributed by atoms with Crippen molar-refractivity contribution >= 4 is 40.5 Å². The first-order valence-corrected chi connectivity index (χ1v) is 5.16. The Hall–Kier alpha value is -1.06. The molecule has 0 amide bonds. The average Bonchev–Trinajstić information content (AvgIpc) is 2.23. The molecule has 0 heterocycles. The second-order valence-electron chi connectivity index (χ2n) is 3.30. The van der Waals surface area contributed by atoms with Crippen molar-refractivity contribution in [2.75, 3.05) is 5.73 Å². The number of ketones is 2. The molecule has 5 heteroatoms. The molecule has 0 fully saturated rings. The Morgan fingerprint density at radius 3 is 2.33 bits per heavy atom. The normalized spacial score (nSPS) is 25.2. The van der Waals surface area contributed by atoms with E-state index in [1.807, 2.05) is 0 Å². The second-order valence-corrected chi connectivity index (χ2v) is 4.24. The minimum absolute atomic E-state index is 0.194. The number of hydrogen-bond donors (Lipinski definition) is 1. The molecule has 0 radical (unpaired) electrons. The summed E-state index contributed by atoms with van der Waals surface area (Å²) in [5, 5.41) is -2.04. The van der Waals surface area contributed by atoms with Crippen LogP contribution in [0.3, 0.4) is 0 Å². The van der Waals surface area contributed by atoms with Crippen LogP contribution in [0.15, 0.2) is 18.2 Å². The van der Waals surface area contributed by atoms with E-state index in [1.54, 1.807) is 12.1 Å². The summed E-state index contributed by atoms with van der Waals surface area (Å²) in [4.78, 5) is 23.4. The van der Waals surface area contributed by atoms with Crippen LogP contribution < -0.4 is 5.73 Å². The summed E-state index contributed by atoms with van der Waals surface area (Å²) in [6.45, 7) is 0. The van der Waals surface area contributed by atoms with Gasteiger partial charge in [0, 0.05) is 11.3 Å². The Balaban J connectivity index is 2.70. The van der Waals surface area contributed by atoms with Crippen LogP contribution in [0.5, 0.6) is 0 Å². The first-order valence-electron chi connectivity index (χ1n) is 4.29. The summed E-state index contributed by atoms with van der Waals surface area (Å²) in [5.41, 5.74) is 6.35. The first kappa shape index (κ1) is 10.5. The number of anilines is 1. The lowest BCUT2D eigenvalue weighted by Gasteiger charge is -2.23. The van der Waals surface area contributed by atoms with Gasteiger partial charge >= 0.3 is 0 Å². The zero-order valence-corrected chi connectivity index (χ0v) is 9.05. The lowest BCUT2D eigenvalue weighted by molar-refractivity contribution is 0.0899. The van der Waals surface area contributed by atoms with Crippen LogP contribution in [0.4, 0.5) is 5.69 Å². The molecule has 2 atom stereocenters. The van der Waals surface area contributed by atoms with Crippen LogP contribution in [0, 0.1) is 0 Å². The molecule has 0 aromatic heterocycles. The summed E-state index contributed by atoms with van der Waals surface area (Å²) in [6.07, 6.45) is 0. The van der Waals surface area contributed by atoms with Crippen LogP contribution >= 0.6 is 23.2 Å². The molecule has 3 nitrogen and oxygen atoms in total. The minimum Gasteiger partial charge on any atom is -0.398 e. The van der Waals surface area contributed by atoms with E-state index in [0.717, 1.165) is 0 Å². The summed E-state index contributed by atoms with van der Waals surface area (Å²) >= 11 is 11.5. The van der Waals surface area contributed by atoms with Gasteiger partial charge in [-0.1, -0.05) is 12.1 Å². The summed E-state index contributed by atoms with van der Waals surface area (Å²) in [5.74, 6) is -0.733. The van der Waals surface area contributed by atoms with Crippen LogP contribution in [-0.2, 0) is 0 Å². The molecule has 78 valence electrons. The summed E-state index contributed by atoms with van der Waals surface area (Å²) in [6, 6.07) is 4.70. The first-order chi connectivity index (χ1) is 7.04. The van der Waals surface area contributed by atoms with E-state index in [0.29, 0.717) is 0 Å². The number of Topliss-reactive ketones (excluding diaryl/α,β-unsaturated/α-hetero) is 2. The highest BCUT2D eigenvalue weighted by atomic mass is 35.5. The Morgan fingerprint density at radius 1 is 1.07 bits per heavy atom. The molecule has 1 aliphatic rings. The fourth-order valence-electron chi connectivity index (χ4n) is 1.60. The van der Waals surface area contributed by atoms with Crippen LogP contribution in [0.1, 0.15) is 20.7 Å². The number of nitrogen functional groups attached to an aromatic ring is 1. The summed E-state index contributed by atoms with van der Waals surface area (Å²) < 4.78 is 0. The molecule has 0 aliphatic heterocycles. The number of alkyl halides is 2. The maximum Gasteiger partial charge on any atom is 0.185 e. The number of nitrogens with two attached hydrogens (primary N) is 1. The molecular weight excluding hydrogens is 237 g/mol. The maximum atomic E-state index is 11.7. The van der Waals surface area contributed by atoms with E-state index < -0.39 is 10.8 Å². The third kappa shape index (κ3) is 1.43. The van der Waals surface area contributed by atoms with Gasteiger partial charge in [-0.3, -0.25) is 9.59 Å². The Bertz CT molecular complexity index is 459. The van der Waals surface area contributed by atoms with Gasteiger partial charge in [0.25, 0.3) is 0 Å². The third-order valence-electron chi connectivity index (χ3n) is 2.37. The number of rotatable bonds is 0. The molecule has 2 unspecified atom stereocenters. The van der Waals surface area contributed by atoms with E-state index in [-0.39, 0.29) is 28.4 Å². The largest absolute Gasteiger partial charge is 0.398 e. The Kier molecular flexibility index (Phi) is 2.44. The van der Waals surface area contributed by atoms with Gasteiger partial charge in [0.15, 0.2) is 11.6 Å².